The number of unbranched alkanes of at least 4 members (excludes halogenated alkanes) is 2. The van der Waals surface area contributed by atoms with E-state index in [0.717, 1.165) is 25.0 Å². The van der Waals surface area contributed by atoms with Crippen molar-refractivity contribution in [2.45, 2.75) is 38.6 Å². The topological polar surface area (TPSA) is 69.6 Å². The van der Waals surface area contributed by atoms with Crippen LogP contribution >= 0.6 is 11.8 Å². The monoisotopic (exact) mass is 274 g/mol. The Kier molecular flexibility index (Phi) is 6.93. The van der Waals surface area contributed by atoms with Gasteiger partial charge in [0.25, 0.3) is 0 Å². The van der Waals surface area contributed by atoms with E-state index in [1.807, 2.05) is 0 Å². The fraction of sp³-hybridized carbons (Fsp3) is 0.833. The van der Waals surface area contributed by atoms with Crippen LogP contribution in [0.15, 0.2) is 0 Å². The second-order valence-corrected chi connectivity index (χ2v) is 5.61. The van der Waals surface area contributed by atoms with Gasteiger partial charge in [-0.1, -0.05) is 19.8 Å². The van der Waals surface area contributed by atoms with Gasteiger partial charge in [-0.2, -0.15) is 11.8 Å². The summed E-state index contributed by atoms with van der Waals surface area (Å²) in [4.78, 5) is 24.4. The molecule has 1 saturated heterocycles. The van der Waals surface area contributed by atoms with Crippen LogP contribution in [-0.2, 0) is 4.79 Å². The molecule has 1 aliphatic heterocycles. The zero-order valence-electron chi connectivity index (χ0n) is 10.9. The van der Waals surface area contributed by atoms with Gasteiger partial charge in [-0.3, -0.25) is 4.79 Å². The van der Waals surface area contributed by atoms with Crippen LogP contribution in [0.1, 0.15) is 32.6 Å². The zero-order valence-corrected chi connectivity index (χ0v) is 11.7. The molecule has 0 radical (unpaired) electrons. The van der Waals surface area contributed by atoms with Gasteiger partial charge in [-0.05, 0) is 6.42 Å². The number of amides is 2. The smallest absolute Gasteiger partial charge is 0.317 e. The van der Waals surface area contributed by atoms with Crippen LogP contribution in [0, 0.1) is 0 Å². The van der Waals surface area contributed by atoms with Crippen LogP contribution in [0.5, 0.6) is 0 Å². The minimum absolute atomic E-state index is 0.0371. The highest BCUT2D eigenvalue weighted by Crippen LogP contribution is 2.19. The molecule has 2 N–H and O–H groups in total. The highest BCUT2D eigenvalue weighted by molar-refractivity contribution is 7.99. The van der Waals surface area contributed by atoms with Crippen molar-refractivity contribution in [3.63, 3.8) is 0 Å². The molecule has 1 aliphatic rings. The molecule has 0 spiro atoms. The van der Waals surface area contributed by atoms with Crippen molar-refractivity contribution in [1.29, 1.82) is 0 Å². The van der Waals surface area contributed by atoms with E-state index in [2.05, 4.69) is 12.2 Å². The summed E-state index contributed by atoms with van der Waals surface area (Å²) in [6.45, 7) is 3.44. The number of carbonyl (C=O) groups is 2. The first kappa shape index (κ1) is 15.1. The predicted molar refractivity (Wildman–Crippen MR) is 73.0 cm³/mol. The number of rotatable bonds is 6. The number of urea groups is 1. The van der Waals surface area contributed by atoms with Gasteiger partial charge in [0.05, 0.1) is 12.5 Å². The van der Waals surface area contributed by atoms with Crippen molar-refractivity contribution in [3.05, 3.63) is 0 Å². The number of nitrogens with one attached hydrogen (secondary N) is 1. The molecule has 18 heavy (non-hydrogen) atoms. The fourth-order valence-electron chi connectivity index (χ4n) is 1.96. The number of thioether (sulfide) groups is 1. The minimum Gasteiger partial charge on any atom is -0.481 e. The lowest BCUT2D eigenvalue weighted by Gasteiger charge is -2.34. The largest absolute Gasteiger partial charge is 0.481 e. The van der Waals surface area contributed by atoms with E-state index in [-0.39, 0.29) is 18.5 Å². The van der Waals surface area contributed by atoms with Crippen molar-refractivity contribution in [2.24, 2.45) is 0 Å². The fourth-order valence-corrected chi connectivity index (χ4v) is 3.03. The summed E-state index contributed by atoms with van der Waals surface area (Å²) in [6.07, 6.45) is 3.25. The Hall–Kier alpha value is -0.910. The van der Waals surface area contributed by atoms with Crippen LogP contribution in [0.3, 0.4) is 0 Å². The van der Waals surface area contributed by atoms with Crippen LogP contribution in [0.25, 0.3) is 0 Å². The van der Waals surface area contributed by atoms with E-state index < -0.39 is 5.97 Å². The van der Waals surface area contributed by atoms with Gasteiger partial charge in [0.1, 0.15) is 0 Å². The SMILES string of the molecule is CCCCCNC(=O)N1CCSCC1CC(=O)O. The molecule has 0 aliphatic carbocycles. The molecule has 0 aromatic heterocycles. The number of hydrogen-bond acceptors (Lipinski definition) is 3. The van der Waals surface area contributed by atoms with Crippen molar-refractivity contribution in [2.75, 3.05) is 24.6 Å². The molecule has 1 heterocycles. The minimum atomic E-state index is -0.841. The van der Waals surface area contributed by atoms with Gasteiger partial charge in [-0.15, -0.1) is 0 Å². The Bertz CT molecular complexity index is 286. The maximum Gasteiger partial charge on any atom is 0.317 e. The van der Waals surface area contributed by atoms with Crippen molar-refractivity contribution in [3.8, 4) is 0 Å². The Balaban J connectivity index is 2.39. The number of aliphatic carboxylic acids is 1. The van der Waals surface area contributed by atoms with Gasteiger partial charge < -0.3 is 15.3 Å². The summed E-state index contributed by atoms with van der Waals surface area (Å²) in [5.74, 6) is 0.763. The Morgan fingerprint density at radius 1 is 1.44 bits per heavy atom. The van der Waals surface area contributed by atoms with E-state index in [0.29, 0.717) is 18.8 Å². The summed E-state index contributed by atoms with van der Waals surface area (Å²) in [7, 11) is 0. The summed E-state index contributed by atoms with van der Waals surface area (Å²) >= 11 is 1.71. The second-order valence-electron chi connectivity index (χ2n) is 4.46. The summed E-state index contributed by atoms with van der Waals surface area (Å²) in [6, 6.07) is -0.287. The first-order chi connectivity index (χ1) is 8.65. The quantitative estimate of drug-likeness (QED) is 0.724. The van der Waals surface area contributed by atoms with Crippen LogP contribution in [0.4, 0.5) is 4.79 Å². The Labute approximate surface area is 112 Å². The number of carboxylic acid groups (broad SMARTS) is 1. The molecule has 0 saturated carbocycles. The standard InChI is InChI=1S/C12H22N2O3S/c1-2-3-4-5-13-12(17)14-6-7-18-9-10(14)8-11(15)16/h10H,2-9H2,1H3,(H,13,17)(H,15,16). The highest BCUT2D eigenvalue weighted by atomic mass is 32.2. The lowest BCUT2D eigenvalue weighted by molar-refractivity contribution is -0.137. The summed E-state index contributed by atoms with van der Waals surface area (Å²) < 4.78 is 0. The molecule has 0 aromatic rings. The van der Waals surface area contributed by atoms with Gasteiger partial charge in [-0.25, -0.2) is 4.79 Å². The molecular formula is C12H22N2O3S. The molecular weight excluding hydrogens is 252 g/mol. The predicted octanol–water partition coefficient (Wildman–Crippen LogP) is 1.78. The normalized spacial score (nSPS) is 19.6. The van der Waals surface area contributed by atoms with Crippen molar-refractivity contribution >= 4 is 23.8 Å². The number of nitrogens with zero attached hydrogens (tertiary/aromatic N) is 1. The van der Waals surface area contributed by atoms with E-state index in [9.17, 15) is 9.59 Å². The number of carbonyl (C=O) groups excluding carboxylic acids is 1. The molecule has 0 aromatic carbocycles. The molecule has 0 bridgehead atoms. The molecule has 6 heteroatoms. The Morgan fingerprint density at radius 2 is 2.22 bits per heavy atom. The summed E-state index contributed by atoms with van der Waals surface area (Å²) in [5, 5.41) is 11.7. The van der Waals surface area contributed by atoms with Gasteiger partial charge in [0.2, 0.25) is 0 Å². The molecule has 5 nitrogen and oxygen atoms in total. The van der Waals surface area contributed by atoms with Gasteiger partial charge in [0.15, 0.2) is 0 Å². The van der Waals surface area contributed by atoms with Gasteiger partial charge >= 0.3 is 12.0 Å². The average Bonchev–Trinajstić information content (AvgIpc) is 2.34. The first-order valence-corrected chi connectivity index (χ1v) is 7.64. The van der Waals surface area contributed by atoms with Crippen LogP contribution < -0.4 is 5.32 Å². The van der Waals surface area contributed by atoms with Crippen LogP contribution in [0.2, 0.25) is 0 Å². The van der Waals surface area contributed by atoms with Crippen molar-refractivity contribution in [1.82, 2.24) is 10.2 Å². The van der Waals surface area contributed by atoms with Gasteiger partial charge in [0, 0.05) is 24.6 Å². The molecule has 1 unspecified atom stereocenters. The maximum atomic E-state index is 12.0. The van der Waals surface area contributed by atoms with E-state index >= 15 is 0 Å². The first-order valence-electron chi connectivity index (χ1n) is 6.49. The molecule has 104 valence electrons. The number of hydrogen-bond donors (Lipinski definition) is 2. The molecule has 2 amide bonds. The molecule has 1 fully saturated rings. The van der Waals surface area contributed by atoms with Crippen molar-refractivity contribution < 1.29 is 14.7 Å². The maximum absolute atomic E-state index is 12.0. The Morgan fingerprint density at radius 3 is 2.89 bits per heavy atom. The van der Waals surface area contributed by atoms with E-state index in [4.69, 9.17) is 5.11 Å². The highest BCUT2D eigenvalue weighted by Gasteiger charge is 2.28. The summed E-state index contributed by atoms with van der Waals surface area (Å²) in [5.41, 5.74) is 0. The van der Waals surface area contributed by atoms with E-state index in [1.165, 1.54) is 0 Å². The third-order valence-electron chi connectivity index (χ3n) is 2.96. The molecule has 1 rings (SSSR count). The lowest BCUT2D eigenvalue weighted by Crippen LogP contribution is -2.51. The third kappa shape index (κ3) is 5.16. The van der Waals surface area contributed by atoms with Crippen LogP contribution in [-0.4, -0.2) is 52.6 Å². The average molecular weight is 274 g/mol. The third-order valence-corrected chi connectivity index (χ3v) is 4.05. The second kappa shape index (κ2) is 8.24. The number of carboxylic acids is 1. The zero-order chi connectivity index (χ0) is 13.4. The lowest BCUT2D eigenvalue weighted by atomic mass is 10.2. The molecule has 1 atom stereocenters. The van der Waals surface area contributed by atoms with E-state index in [1.54, 1.807) is 16.7 Å².